The van der Waals surface area contributed by atoms with Crippen LogP contribution in [0.2, 0.25) is 0 Å². The first-order chi connectivity index (χ1) is 8.63. The van der Waals surface area contributed by atoms with Crippen molar-refractivity contribution in [3.63, 3.8) is 0 Å². The summed E-state index contributed by atoms with van der Waals surface area (Å²) in [5, 5.41) is 0. The molecule has 98 valence electrons. The SMILES string of the molecule is CN(C)CCN(C)c1nc2ccccn2c1CN. The summed E-state index contributed by atoms with van der Waals surface area (Å²) in [4.78, 5) is 8.97. The number of nitrogens with zero attached hydrogens (tertiary/aromatic N) is 4. The maximum atomic E-state index is 5.86. The second kappa shape index (κ2) is 5.37. The average molecular weight is 247 g/mol. The van der Waals surface area contributed by atoms with Gasteiger partial charge in [0.2, 0.25) is 0 Å². The summed E-state index contributed by atoms with van der Waals surface area (Å²) >= 11 is 0. The van der Waals surface area contributed by atoms with Gasteiger partial charge in [0.1, 0.15) is 5.65 Å². The topological polar surface area (TPSA) is 49.8 Å². The number of hydrogen-bond donors (Lipinski definition) is 1. The average Bonchev–Trinajstić information content (AvgIpc) is 2.74. The van der Waals surface area contributed by atoms with Crippen molar-refractivity contribution in [3.8, 4) is 0 Å². The molecule has 5 heteroatoms. The van der Waals surface area contributed by atoms with Gasteiger partial charge in [0.15, 0.2) is 5.82 Å². The summed E-state index contributed by atoms with van der Waals surface area (Å²) in [6.45, 7) is 2.42. The van der Waals surface area contributed by atoms with E-state index in [0.29, 0.717) is 6.54 Å². The number of likely N-dealkylation sites (N-methyl/N-ethyl adjacent to an activating group) is 2. The zero-order valence-corrected chi connectivity index (χ0v) is 11.3. The zero-order valence-electron chi connectivity index (χ0n) is 11.3. The number of rotatable bonds is 5. The highest BCUT2D eigenvalue weighted by Gasteiger charge is 2.14. The van der Waals surface area contributed by atoms with Crippen LogP contribution in [0.4, 0.5) is 5.82 Å². The first-order valence-corrected chi connectivity index (χ1v) is 6.15. The first kappa shape index (κ1) is 12.9. The molecule has 5 nitrogen and oxygen atoms in total. The maximum absolute atomic E-state index is 5.86. The van der Waals surface area contributed by atoms with Crippen LogP contribution in [-0.4, -0.2) is 48.5 Å². The molecule has 0 saturated heterocycles. The van der Waals surface area contributed by atoms with Crippen LogP contribution < -0.4 is 10.6 Å². The monoisotopic (exact) mass is 247 g/mol. The Labute approximate surface area is 108 Å². The van der Waals surface area contributed by atoms with E-state index in [0.717, 1.165) is 30.2 Å². The van der Waals surface area contributed by atoms with Crippen LogP contribution in [0.5, 0.6) is 0 Å². The van der Waals surface area contributed by atoms with Crippen LogP contribution in [0.3, 0.4) is 0 Å². The minimum absolute atomic E-state index is 0.493. The molecule has 0 saturated carbocycles. The van der Waals surface area contributed by atoms with Gasteiger partial charge in [-0.15, -0.1) is 0 Å². The Morgan fingerprint density at radius 1 is 1.22 bits per heavy atom. The molecule has 2 heterocycles. The molecule has 2 aromatic rings. The molecule has 0 atom stereocenters. The number of hydrogen-bond acceptors (Lipinski definition) is 4. The van der Waals surface area contributed by atoms with E-state index in [1.165, 1.54) is 0 Å². The summed E-state index contributed by atoms with van der Waals surface area (Å²) in [6.07, 6.45) is 2.01. The lowest BCUT2D eigenvalue weighted by atomic mass is 10.4. The summed E-state index contributed by atoms with van der Waals surface area (Å²) in [5.41, 5.74) is 7.87. The molecule has 0 amide bonds. The van der Waals surface area contributed by atoms with Gasteiger partial charge in [0, 0.05) is 32.9 Å². The number of pyridine rings is 1. The predicted molar refractivity (Wildman–Crippen MR) is 74.9 cm³/mol. The Bertz CT molecular complexity index is 517. The molecule has 0 unspecified atom stereocenters. The second-order valence-electron chi connectivity index (χ2n) is 4.74. The molecule has 0 aliphatic carbocycles. The van der Waals surface area contributed by atoms with Crippen molar-refractivity contribution in [1.82, 2.24) is 14.3 Å². The normalized spacial score (nSPS) is 11.4. The molecule has 0 radical (unpaired) electrons. The van der Waals surface area contributed by atoms with Gasteiger partial charge < -0.3 is 19.9 Å². The van der Waals surface area contributed by atoms with Crippen molar-refractivity contribution in [3.05, 3.63) is 30.1 Å². The van der Waals surface area contributed by atoms with Crippen molar-refractivity contribution in [2.24, 2.45) is 5.73 Å². The van der Waals surface area contributed by atoms with E-state index >= 15 is 0 Å². The van der Waals surface area contributed by atoms with Gasteiger partial charge in [-0.25, -0.2) is 4.98 Å². The molecule has 0 aliphatic rings. The van der Waals surface area contributed by atoms with Crippen molar-refractivity contribution in [2.75, 3.05) is 39.1 Å². The van der Waals surface area contributed by atoms with Crippen LogP contribution in [0.1, 0.15) is 5.69 Å². The molecule has 2 rings (SSSR count). The van der Waals surface area contributed by atoms with E-state index in [4.69, 9.17) is 5.73 Å². The standard InChI is InChI=1S/C13H21N5/c1-16(2)8-9-17(3)13-11(10-14)18-7-5-4-6-12(18)15-13/h4-7H,8-10,14H2,1-3H3. The van der Waals surface area contributed by atoms with Gasteiger partial charge in [0.25, 0.3) is 0 Å². The Morgan fingerprint density at radius 2 is 2.00 bits per heavy atom. The highest BCUT2D eigenvalue weighted by Crippen LogP contribution is 2.20. The minimum Gasteiger partial charge on any atom is -0.357 e. The first-order valence-electron chi connectivity index (χ1n) is 6.15. The Hall–Kier alpha value is -1.59. The van der Waals surface area contributed by atoms with E-state index in [9.17, 15) is 0 Å². The molecule has 0 spiro atoms. The lowest BCUT2D eigenvalue weighted by molar-refractivity contribution is 0.416. The second-order valence-corrected chi connectivity index (χ2v) is 4.74. The molecule has 0 aliphatic heterocycles. The number of nitrogens with two attached hydrogens (primary N) is 1. The Morgan fingerprint density at radius 3 is 2.67 bits per heavy atom. The number of aromatic nitrogens is 2. The third-order valence-electron chi connectivity index (χ3n) is 3.05. The fraction of sp³-hybridized carbons (Fsp3) is 0.462. The third kappa shape index (κ3) is 2.47. The van der Waals surface area contributed by atoms with Gasteiger partial charge in [-0.05, 0) is 26.2 Å². The minimum atomic E-state index is 0.493. The zero-order chi connectivity index (χ0) is 13.1. The van der Waals surface area contributed by atoms with Crippen LogP contribution in [-0.2, 0) is 6.54 Å². The molecular weight excluding hydrogens is 226 g/mol. The molecule has 2 aromatic heterocycles. The number of anilines is 1. The summed E-state index contributed by atoms with van der Waals surface area (Å²) < 4.78 is 2.06. The van der Waals surface area contributed by atoms with E-state index in [2.05, 4.69) is 40.3 Å². The van der Waals surface area contributed by atoms with Gasteiger partial charge in [-0.3, -0.25) is 0 Å². The molecule has 18 heavy (non-hydrogen) atoms. The van der Waals surface area contributed by atoms with Crippen LogP contribution in [0.25, 0.3) is 5.65 Å². The van der Waals surface area contributed by atoms with Crippen LogP contribution in [0.15, 0.2) is 24.4 Å². The van der Waals surface area contributed by atoms with Gasteiger partial charge in [-0.2, -0.15) is 0 Å². The quantitative estimate of drug-likeness (QED) is 0.848. The van der Waals surface area contributed by atoms with Crippen molar-refractivity contribution in [2.45, 2.75) is 6.54 Å². The smallest absolute Gasteiger partial charge is 0.152 e. The Balaban J connectivity index is 2.31. The number of fused-ring (bicyclic) bond motifs is 1. The van der Waals surface area contributed by atoms with Gasteiger partial charge in [-0.1, -0.05) is 6.07 Å². The fourth-order valence-corrected chi connectivity index (χ4v) is 1.99. The van der Waals surface area contributed by atoms with E-state index < -0.39 is 0 Å². The Kier molecular flexibility index (Phi) is 3.84. The maximum Gasteiger partial charge on any atom is 0.152 e. The van der Waals surface area contributed by atoms with E-state index in [1.54, 1.807) is 0 Å². The molecular formula is C13H21N5. The predicted octanol–water partition coefficient (Wildman–Crippen LogP) is 0.791. The van der Waals surface area contributed by atoms with Crippen LogP contribution >= 0.6 is 0 Å². The highest BCUT2D eigenvalue weighted by molar-refractivity contribution is 5.55. The lowest BCUT2D eigenvalue weighted by Gasteiger charge is -2.20. The molecule has 0 bridgehead atoms. The summed E-state index contributed by atoms with van der Waals surface area (Å²) in [6, 6.07) is 5.99. The summed E-state index contributed by atoms with van der Waals surface area (Å²) in [7, 11) is 6.20. The van der Waals surface area contributed by atoms with Crippen molar-refractivity contribution < 1.29 is 0 Å². The number of imidazole rings is 1. The van der Waals surface area contributed by atoms with Crippen molar-refractivity contribution >= 4 is 11.5 Å². The highest BCUT2D eigenvalue weighted by atomic mass is 15.2. The van der Waals surface area contributed by atoms with Gasteiger partial charge in [0.05, 0.1) is 5.69 Å². The molecule has 2 N–H and O–H groups in total. The molecule has 0 fully saturated rings. The van der Waals surface area contributed by atoms with Crippen molar-refractivity contribution in [1.29, 1.82) is 0 Å². The summed E-state index contributed by atoms with van der Waals surface area (Å²) in [5.74, 6) is 0.977. The molecule has 0 aromatic carbocycles. The van der Waals surface area contributed by atoms with Gasteiger partial charge >= 0.3 is 0 Å². The third-order valence-corrected chi connectivity index (χ3v) is 3.05. The largest absolute Gasteiger partial charge is 0.357 e. The van der Waals surface area contributed by atoms with Crippen LogP contribution in [0, 0.1) is 0 Å². The van der Waals surface area contributed by atoms with E-state index in [-0.39, 0.29) is 0 Å². The fourth-order valence-electron chi connectivity index (χ4n) is 1.99. The lowest BCUT2D eigenvalue weighted by Crippen LogP contribution is -2.29. The van der Waals surface area contributed by atoms with E-state index in [1.807, 2.05) is 24.4 Å².